The fourth-order valence-electron chi connectivity index (χ4n) is 3.58. The van der Waals surface area contributed by atoms with Crippen LogP contribution < -0.4 is 5.32 Å². The van der Waals surface area contributed by atoms with Crippen LogP contribution >= 0.6 is 11.3 Å². The highest BCUT2D eigenvalue weighted by molar-refractivity contribution is 7.16. The largest absolute Gasteiger partial charge is 0.379 e. The van der Waals surface area contributed by atoms with Gasteiger partial charge in [0.25, 0.3) is 0 Å². The average Bonchev–Trinajstić information content (AvgIpc) is 3.16. The van der Waals surface area contributed by atoms with Crippen molar-refractivity contribution in [2.45, 2.75) is 32.6 Å². The molecule has 1 fully saturated rings. The minimum atomic E-state index is 0.561. The second-order valence-electron chi connectivity index (χ2n) is 7.27. The second-order valence-corrected chi connectivity index (χ2v) is 8.36. The molecule has 0 bridgehead atoms. The number of anilines is 1. The molecule has 2 aliphatic rings. The standard InChI is InChI=1S/C20H27N3OS/c1-14(2)15-4-5-16-13-18-19(17(16)12-15)22-20(25-18)21-6-3-7-23-8-10-24-11-9-23/h4-5,12,14H,3,6-11,13H2,1-2H3,(H,21,22). The van der Waals surface area contributed by atoms with Crippen molar-refractivity contribution in [3.63, 3.8) is 0 Å². The Balaban J connectivity index is 1.35. The zero-order valence-corrected chi connectivity index (χ0v) is 16.0. The smallest absolute Gasteiger partial charge is 0.183 e. The van der Waals surface area contributed by atoms with Crippen LogP contribution in [0, 0.1) is 0 Å². The Morgan fingerprint density at radius 2 is 2.12 bits per heavy atom. The number of fused-ring (bicyclic) bond motifs is 3. The van der Waals surface area contributed by atoms with Crippen LogP contribution in [0.1, 0.15) is 42.2 Å². The minimum absolute atomic E-state index is 0.561. The number of aromatic nitrogens is 1. The molecule has 2 aromatic rings. The lowest BCUT2D eigenvalue weighted by Gasteiger charge is -2.26. The summed E-state index contributed by atoms with van der Waals surface area (Å²) < 4.78 is 5.40. The van der Waals surface area contributed by atoms with Gasteiger partial charge in [0.1, 0.15) is 0 Å². The Kier molecular flexibility index (Phi) is 5.06. The van der Waals surface area contributed by atoms with E-state index in [0.29, 0.717) is 5.92 Å². The number of morpholine rings is 1. The number of nitrogens with zero attached hydrogens (tertiary/aromatic N) is 2. The van der Waals surface area contributed by atoms with Gasteiger partial charge >= 0.3 is 0 Å². The number of ether oxygens (including phenoxy) is 1. The lowest BCUT2D eigenvalue weighted by molar-refractivity contribution is 0.0378. The normalized spacial score (nSPS) is 16.9. The number of thiazole rings is 1. The van der Waals surface area contributed by atoms with Crippen molar-refractivity contribution in [3.05, 3.63) is 34.2 Å². The molecule has 134 valence electrons. The summed E-state index contributed by atoms with van der Waals surface area (Å²) in [6.07, 6.45) is 2.19. The van der Waals surface area contributed by atoms with Crippen molar-refractivity contribution in [3.8, 4) is 11.3 Å². The lowest BCUT2D eigenvalue weighted by Crippen LogP contribution is -2.37. The third kappa shape index (κ3) is 3.73. The summed E-state index contributed by atoms with van der Waals surface area (Å²) in [6, 6.07) is 6.90. The third-order valence-corrected chi connectivity index (χ3v) is 6.15. The monoisotopic (exact) mass is 357 g/mol. The van der Waals surface area contributed by atoms with E-state index in [0.717, 1.165) is 57.4 Å². The van der Waals surface area contributed by atoms with E-state index in [1.807, 2.05) is 11.3 Å². The first-order chi connectivity index (χ1) is 12.2. The van der Waals surface area contributed by atoms with Crippen LogP contribution in [-0.2, 0) is 11.2 Å². The van der Waals surface area contributed by atoms with Crippen molar-refractivity contribution < 1.29 is 4.74 Å². The van der Waals surface area contributed by atoms with Gasteiger partial charge < -0.3 is 10.1 Å². The number of hydrogen-bond acceptors (Lipinski definition) is 5. The Bertz CT molecular complexity index is 735. The highest BCUT2D eigenvalue weighted by atomic mass is 32.1. The van der Waals surface area contributed by atoms with Crippen LogP contribution in [0.15, 0.2) is 18.2 Å². The quantitative estimate of drug-likeness (QED) is 0.677. The van der Waals surface area contributed by atoms with Gasteiger partial charge in [0.2, 0.25) is 0 Å². The van der Waals surface area contributed by atoms with Gasteiger partial charge in [-0.15, -0.1) is 11.3 Å². The zero-order valence-electron chi connectivity index (χ0n) is 15.2. The summed E-state index contributed by atoms with van der Waals surface area (Å²) >= 11 is 1.82. The number of benzene rings is 1. The maximum Gasteiger partial charge on any atom is 0.183 e. The number of hydrogen-bond donors (Lipinski definition) is 1. The molecule has 25 heavy (non-hydrogen) atoms. The Morgan fingerprint density at radius 3 is 2.92 bits per heavy atom. The van der Waals surface area contributed by atoms with E-state index in [4.69, 9.17) is 9.72 Å². The van der Waals surface area contributed by atoms with E-state index in [1.165, 1.54) is 27.3 Å². The van der Waals surface area contributed by atoms with Crippen molar-refractivity contribution in [1.82, 2.24) is 9.88 Å². The molecule has 0 spiro atoms. The molecule has 4 rings (SSSR count). The van der Waals surface area contributed by atoms with Gasteiger partial charge in [0.15, 0.2) is 5.13 Å². The van der Waals surface area contributed by atoms with Gasteiger partial charge in [-0.3, -0.25) is 4.90 Å². The molecular weight excluding hydrogens is 330 g/mol. The minimum Gasteiger partial charge on any atom is -0.379 e. The fourth-order valence-corrected chi connectivity index (χ4v) is 4.61. The third-order valence-electron chi connectivity index (χ3n) is 5.14. The molecule has 2 heterocycles. The van der Waals surface area contributed by atoms with Crippen LogP contribution in [0.3, 0.4) is 0 Å². The summed E-state index contributed by atoms with van der Waals surface area (Å²) in [7, 11) is 0. The molecule has 0 amide bonds. The molecule has 1 N–H and O–H groups in total. The second kappa shape index (κ2) is 7.44. The van der Waals surface area contributed by atoms with Crippen molar-refractivity contribution in [1.29, 1.82) is 0 Å². The van der Waals surface area contributed by atoms with E-state index >= 15 is 0 Å². The van der Waals surface area contributed by atoms with Gasteiger partial charge in [-0.2, -0.15) is 0 Å². The van der Waals surface area contributed by atoms with Crippen LogP contribution in [0.25, 0.3) is 11.3 Å². The Morgan fingerprint density at radius 1 is 1.28 bits per heavy atom. The summed E-state index contributed by atoms with van der Waals surface area (Å²) in [4.78, 5) is 8.78. The molecule has 0 saturated carbocycles. The first kappa shape index (κ1) is 17.0. The van der Waals surface area contributed by atoms with Crippen molar-refractivity contribution >= 4 is 16.5 Å². The Labute approximate surface area is 154 Å². The van der Waals surface area contributed by atoms with Crippen LogP contribution in [0.5, 0.6) is 0 Å². The van der Waals surface area contributed by atoms with E-state index in [9.17, 15) is 0 Å². The average molecular weight is 358 g/mol. The Hall–Kier alpha value is -1.43. The topological polar surface area (TPSA) is 37.4 Å². The molecule has 0 radical (unpaired) electrons. The summed E-state index contributed by atoms with van der Waals surface area (Å²) in [5, 5.41) is 4.61. The van der Waals surface area contributed by atoms with Gasteiger partial charge in [0.05, 0.1) is 18.9 Å². The number of rotatable bonds is 6. The predicted octanol–water partition coefficient (Wildman–Crippen LogP) is 3.97. The van der Waals surface area contributed by atoms with Gasteiger partial charge in [-0.25, -0.2) is 4.98 Å². The molecule has 1 aliphatic heterocycles. The first-order valence-corrected chi connectivity index (χ1v) is 10.2. The van der Waals surface area contributed by atoms with Crippen molar-refractivity contribution in [2.75, 3.05) is 44.7 Å². The summed E-state index contributed by atoms with van der Waals surface area (Å²) in [5.74, 6) is 0.561. The van der Waals surface area contributed by atoms with Crippen LogP contribution in [0.4, 0.5) is 5.13 Å². The molecule has 0 unspecified atom stereocenters. The molecule has 1 aliphatic carbocycles. The molecule has 0 atom stereocenters. The molecular formula is C20H27N3OS. The van der Waals surface area contributed by atoms with Gasteiger partial charge in [0, 0.05) is 36.5 Å². The van der Waals surface area contributed by atoms with Crippen LogP contribution in [-0.4, -0.2) is 49.3 Å². The zero-order chi connectivity index (χ0) is 17.2. The van der Waals surface area contributed by atoms with Gasteiger partial charge in [-0.05, 0) is 36.1 Å². The number of nitrogens with one attached hydrogen (secondary N) is 1. The molecule has 1 saturated heterocycles. The van der Waals surface area contributed by atoms with E-state index in [2.05, 4.69) is 42.3 Å². The SMILES string of the molecule is CC(C)c1ccc2c(c1)-c1nc(NCCCN3CCOCC3)sc1C2. The predicted molar refractivity (Wildman–Crippen MR) is 105 cm³/mol. The molecule has 1 aromatic heterocycles. The van der Waals surface area contributed by atoms with Gasteiger partial charge in [-0.1, -0.05) is 26.0 Å². The van der Waals surface area contributed by atoms with E-state index in [-0.39, 0.29) is 0 Å². The maximum absolute atomic E-state index is 5.40. The maximum atomic E-state index is 5.40. The van der Waals surface area contributed by atoms with E-state index in [1.54, 1.807) is 0 Å². The van der Waals surface area contributed by atoms with Crippen LogP contribution in [0.2, 0.25) is 0 Å². The molecule has 1 aromatic carbocycles. The summed E-state index contributed by atoms with van der Waals surface area (Å²) in [6.45, 7) is 10.5. The first-order valence-electron chi connectivity index (χ1n) is 9.37. The van der Waals surface area contributed by atoms with Crippen molar-refractivity contribution in [2.24, 2.45) is 0 Å². The fraction of sp³-hybridized carbons (Fsp3) is 0.550. The highest BCUT2D eigenvalue weighted by Gasteiger charge is 2.24. The molecule has 5 heteroatoms. The lowest BCUT2D eigenvalue weighted by atomic mass is 9.98. The van der Waals surface area contributed by atoms with E-state index < -0.39 is 0 Å². The molecule has 4 nitrogen and oxygen atoms in total. The summed E-state index contributed by atoms with van der Waals surface area (Å²) in [5.41, 5.74) is 5.38. The highest BCUT2D eigenvalue weighted by Crippen LogP contribution is 2.42.